The monoisotopic (exact) mass is 331 g/mol. The number of halogens is 3. The lowest BCUT2D eigenvalue weighted by Gasteiger charge is -2.24. The fourth-order valence-corrected chi connectivity index (χ4v) is 3.49. The van der Waals surface area contributed by atoms with Gasteiger partial charge < -0.3 is 10.5 Å². The van der Waals surface area contributed by atoms with Crippen LogP contribution in [0.2, 0.25) is 0 Å². The molecule has 124 valence electrons. The topological polar surface area (TPSA) is 35.2 Å². The van der Waals surface area contributed by atoms with Gasteiger partial charge in [-0.2, -0.15) is 13.2 Å². The van der Waals surface area contributed by atoms with Gasteiger partial charge in [-0.15, -0.1) is 0 Å². The largest absolute Gasteiger partial charge is 0.456 e. The van der Waals surface area contributed by atoms with Gasteiger partial charge in [0.25, 0.3) is 0 Å². The predicted molar refractivity (Wildman–Crippen MR) is 86.6 cm³/mol. The molecule has 2 aliphatic rings. The second-order valence-electron chi connectivity index (χ2n) is 6.27. The third-order valence-electron chi connectivity index (χ3n) is 4.66. The van der Waals surface area contributed by atoms with Gasteiger partial charge in [0.1, 0.15) is 11.5 Å². The minimum Gasteiger partial charge on any atom is -0.456 e. The molecule has 0 spiro atoms. The van der Waals surface area contributed by atoms with Crippen LogP contribution >= 0.6 is 0 Å². The molecule has 1 aliphatic heterocycles. The van der Waals surface area contributed by atoms with E-state index in [1.807, 2.05) is 18.2 Å². The molecular weight excluding hydrogens is 315 g/mol. The van der Waals surface area contributed by atoms with Gasteiger partial charge in [-0.25, -0.2) is 0 Å². The van der Waals surface area contributed by atoms with Crippen LogP contribution in [0.1, 0.15) is 36.0 Å². The first-order valence-corrected chi connectivity index (χ1v) is 7.90. The number of allylic oxidation sites excluding steroid dienone is 1. The molecule has 1 atom stereocenters. The molecule has 1 heterocycles. The van der Waals surface area contributed by atoms with Gasteiger partial charge in [-0.1, -0.05) is 24.3 Å². The van der Waals surface area contributed by atoms with Gasteiger partial charge in [0.2, 0.25) is 0 Å². The second-order valence-corrected chi connectivity index (χ2v) is 6.27. The highest BCUT2D eigenvalue weighted by molar-refractivity contribution is 5.96. The fourth-order valence-electron chi connectivity index (χ4n) is 3.49. The van der Waals surface area contributed by atoms with Gasteiger partial charge in [-0.05, 0) is 48.6 Å². The number of para-hydroxylation sites is 1. The Morgan fingerprint density at radius 3 is 2.50 bits per heavy atom. The Kier molecular flexibility index (Phi) is 3.42. The summed E-state index contributed by atoms with van der Waals surface area (Å²) in [7, 11) is 0. The fraction of sp³-hybridized carbons (Fsp3) is 0.263. The molecule has 4 rings (SSSR count). The number of alkyl halides is 3. The molecule has 2 aromatic carbocycles. The number of fused-ring (bicyclic) bond motifs is 4. The first-order valence-electron chi connectivity index (χ1n) is 7.90. The maximum atomic E-state index is 13.1. The molecule has 0 radical (unpaired) electrons. The Morgan fingerprint density at radius 2 is 1.71 bits per heavy atom. The summed E-state index contributed by atoms with van der Waals surface area (Å²) >= 11 is 0. The van der Waals surface area contributed by atoms with Crippen molar-refractivity contribution in [2.24, 2.45) is 5.73 Å². The second kappa shape index (κ2) is 5.38. The zero-order valence-corrected chi connectivity index (χ0v) is 12.9. The average molecular weight is 331 g/mol. The van der Waals surface area contributed by atoms with E-state index >= 15 is 0 Å². The molecule has 0 aromatic heterocycles. The molecule has 0 amide bonds. The summed E-state index contributed by atoms with van der Waals surface area (Å²) in [6.07, 6.45) is -2.09. The van der Waals surface area contributed by atoms with Gasteiger partial charge >= 0.3 is 6.18 Å². The quantitative estimate of drug-likeness (QED) is 0.717. The van der Waals surface area contributed by atoms with Crippen LogP contribution in [-0.2, 0) is 6.18 Å². The third kappa shape index (κ3) is 2.49. The highest BCUT2D eigenvalue weighted by Crippen LogP contribution is 2.48. The summed E-state index contributed by atoms with van der Waals surface area (Å²) in [6.45, 7) is 0. The van der Waals surface area contributed by atoms with Crippen molar-refractivity contribution in [1.82, 2.24) is 0 Å². The number of hydrogen-bond acceptors (Lipinski definition) is 2. The lowest BCUT2D eigenvalue weighted by atomic mass is 9.82. The van der Waals surface area contributed by atoms with Crippen molar-refractivity contribution in [3.8, 4) is 11.5 Å². The lowest BCUT2D eigenvalue weighted by molar-refractivity contribution is -0.137. The molecule has 0 fully saturated rings. The summed E-state index contributed by atoms with van der Waals surface area (Å²) in [4.78, 5) is 0. The number of nitrogens with two attached hydrogens (primary N) is 1. The number of hydrogen-bond donors (Lipinski definition) is 1. The Hall–Kier alpha value is -2.27. The molecule has 2 nitrogen and oxygen atoms in total. The van der Waals surface area contributed by atoms with Gasteiger partial charge in [0, 0.05) is 17.2 Å². The maximum absolute atomic E-state index is 13.1. The minimum absolute atomic E-state index is 0.0177. The number of rotatable bonds is 0. The van der Waals surface area contributed by atoms with E-state index in [1.54, 1.807) is 6.07 Å². The molecular formula is C19H16F3NO. The summed E-state index contributed by atoms with van der Waals surface area (Å²) < 4.78 is 45.1. The van der Waals surface area contributed by atoms with E-state index in [0.29, 0.717) is 17.7 Å². The van der Waals surface area contributed by atoms with Crippen molar-refractivity contribution >= 4 is 11.1 Å². The van der Waals surface area contributed by atoms with Crippen molar-refractivity contribution in [3.05, 3.63) is 59.2 Å². The average Bonchev–Trinajstić information content (AvgIpc) is 2.67. The Labute approximate surface area is 137 Å². The lowest BCUT2D eigenvalue weighted by Crippen LogP contribution is -2.23. The summed E-state index contributed by atoms with van der Waals surface area (Å²) in [5.74, 6) is 0.843. The normalized spacial score (nSPS) is 19.8. The molecule has 2 aromatic rings. The molecule has 5 heteroatoms. The summed E-state index contributed by atoms with van der Waals surface area (Å²) in [5, 5.41) is 0. The Bertz CT molecular complexity index is 839. The first kappa shape index (κ1) is 15.3. The number of ether oxygens (including phenoxy) is 1. The zero-order chi connectivity index (χ0) is 16.9. The standard InChI is InChI=1S/C19H16F3NO/c20-19(21,22)11-5-7-15-16-10-12(23)6-8-13(16)14-3-1-2-4-17(14)24-18(15)9-11/h1-5,7,9,12H,6,8,10,23H2. The Morgan fingerprint density at radius 1 is 0.958 bits per heavy atom. The molecule has 0 saturated carbocycles. The zero-order valence-electron chi connectivity index (χ0n) is 12.9. The molecule has 24 heavy (non-hydrogen) atoms. The van der Waals surface area contributed by atoms with E-state index in [-0.39, 0.29) is 11.8 Å². The van der Waals surface area contributed by atoms with Crippen molar-refractivity contribution in [2.75, 3.05) is 0 Å². The third-order valence-corrected chi connectivity index (χ3v) is 4.66. The summed E-state index contributed by atoms with van der Waals surface area (Å²) in [5.41, 5.74) is 9.20. The molecule has 1 aliphatic carbocycles. The van der Waals surface area contributed by atoms with Gasteiger partial charge in [0.15, 0.2) is 0 Å². The van der Waals surface area contributed by atoms with Crippen LogP contribution in [0.3, 0.4) is 0 Å². The summed E-state index contributed by atoms with van der Waals surface area (Å²) in [6, 6.07) is 11.2. The van der Waals surface area contributed by atoms with E-state index in [0.717, 1.165) is 41.7 Å². The van der Waals surface area contributed by atoms with Crippen LogP contribution in [0.4, 0.5) is 13.2 Å². The van der Waals surface area contributed by atoms with E-state index in [9.17, 15) is 13.2 Å². The van der Waals surface area contributed by atoms with E-state index in [2.05, 4.69) is 0 Å². The number of benzene rings is 2. The van der Waals surface area contributed by atoms with E-state index < -0.39 is 11.7 Å². The minimum atomic E-state index is -4.40. The van der Waals surface area contributed by atoms with Crippen molar-refractivity contribution in [1.29, 1.82) is 0 Å². The highest BCUT2D eigenvalue weighted by atomic mass is 19.4. The van der Waals surface area contributed by atoms with Crippen LogP contribution in [0.5, 0.6) is 11.5 Å². The van der Waals surface area contributed by atoms with Crippen LogP contribution in [0.25, 0.3) is 11.1 Å². The maximum Gasteiger partial charge on any atom is 0.416 e. The smallest absolute Gasteiger partial charge is 0.416 e. The molecule has 0 saturated heterocycles. The SMILES string of the molecule is NC1CCC2=C(C1)c1ccc(C(F)(F)F)cc1Oc1ccccc12. The Balaban J connectivity index is 1.96. The van der Waals surface area contributed by atoms with Gasteiger partial charge in [-0.3, -0.25) is 0 Å². The van der Waals surface area contributed by atoms with Crippen LogP contribution in [-0.4, -0.2) is 6.04 Å². The molecule has 1 unspecified atom stereocenters. The van der Waals surface area contributed by atoms with Gasteiger partial charge in [0.05, 0.1) is 5.56 Å². The first-order chi connectivity index (χ1) is 11.4. The van der Waals surface area contributed by atoms with Crippen LogP contribution < -0.4 is 10.5 Å². The predicted octanol–water partition coefficient (Wildman–Crippen LogP) is 5.23. The van der Waals surface area contributed by atoms with E-state index in [1.165, 1.54) is 6.07 Å². The molecule has 0 bridgehead atoms. The van der Waals surface area contributed by atoms with Crippen molar-refractivity contribution < 1.29 is 17.9 Å². The highest BCUT2D eigenvalue weighted by Gasteiger charge is 2.33. The molecule has 2 N–H and O–H groups in total. The van der Waals surface area contributed by atoms with E-state index in [4.69, 9.17) is 10.5 Å². The van der Waals surface area contributed by atoms with Crippen molar-refractivity contribution in [3.63, 3.8) is 0 Å². The van der Waals surface area contributed by atoms with Crippen LogP contribution in [0.15, 0.2) is 42.5 Å². The van der Waals surface area contributed by atoms with Crippen LogP contribution in [0, 0.1) is 0 Å². The van der Waals surface area contributed by atoms with Crippen molar-refractivity contribution in [2.45, 2.75) is 31.5 Å².